The fourth-order valence-corrected chi connectivity index (χ4v) is 2.75. The van der Waals surface area contributed by atoms with E-state index in [-0.39, 0.29) is 11.9 Å². The summed E-state index contributed by atoms with van der Waals surface area (Å²) in [6.45, 7) is 4.85. The van der Waals surface area contributed by atoms with E-state index in [1.54, 1.807) is 29.8 Å². The summed E-state index contributed by atoms with van der Waals surface area (Å²) in [5.74, 6) is -0.432. The van der Waals surface area contributed by atoms with Crippen LogP contribution in [0.5, 0.6) is 0 Å². The lowest BCUT2D eigenvalue weighted by atomic mass is 10.0. The number of anilines is 1. The maximum atomic E-state index is 13.4. The van der Waals surface area contributed by atoms with Crippen LogP contribution in [0.3, 0.4) is 0 Å². The van der Waals surface area contributed by atoms with Gasteiger partial charge in [0.05, 0.1) is 0 Å². The summed E-state index contributed by atoms with van der Waals surface area (Å²) >= 11 is 0. The topological polar surface area (TPSA) is 52.7 Å². The van der Waals surface area contributed by atoms with E-state index in [1.165, 1.54) is 12.1 Å². The number of nitrogens with zero attached hydrogens (tertiary/aromatic N) is 2. The number of halogens is 1. The van der Waals surface area contributed by atoms with Crippen molar-refractivity contribution < 1.29 is 14.0 Å². The molecule has 1 N–H and O–H groups in total. The first kappa shape index (κ1) is 17.2. The summed E-state index contributed by atoms with van der Waals surface area (Å²) < 4.78 is 13.4. The van der Waals surface area contributed by atoms with E-state index in [0.29, 0.717) is 25.2 Å². The maximum absolute atomic E-state index is 13.4. The molecular formula is C17H24FN3O2. The van der Waals surface area contributed by atoms with Crippen LogP contribution in [-0.4, -0.2) is 47.9 Å². The molecule has 0 bridgehead atoms. The van der Waals surface area contributed by atoms with E-state index < -0.39 is 11.9 Å². The lowest BCUT2D eigenvalue weighted by Gasteiger charge is -2.39. The number of amides is 3. The Morgan fingerprint density at radius 2 is 2.13 bits per heavy atom. The number of aryl methyl sites for hydroxylation is 1. The zero-order valence-electron chi connectivity index (χ0n) is 13.9. The molecule has 23 heavy (non-hydrogen) atoms. The third-order valence-corrected chi connectivity index (χ3v) is 4.25. The number of urea groups is 1. The highest BCUT2D eigenvalue weighted by atomic mass is 19.1. The van der Waals surface area contributed by atoms with Gasteiger partial charge in [0.2, 0.25) is 5.91 Å². The number of rotatable bonds is 4. The van der Waals surface area contributed by atoms with E-state index in [1.807, 2.05) is 0 Å². The molecule has 1 fully saturated rings. The molecule has 1 saturated heterocycles. The highest BCUT2D eigenvalue weighted by Gasteiger charge is 2.35. The Balaban J connectivity index is 2.15. The molecule has 6 heteroatoms. The molecule has 0 aliphatic carbocycles. The van der Waals surface area contributed by atoms with Crippen molar-refractivity contribution in [2.45, 2.75) is 39.2 Å². The molecule has 5 nitrogen and oxygen atoms in total. The normalized spacial score (nSPS) is 18.3. The summed E-state index contributed by atoms with van der Waals surface area (Å²) in [5, 5.41) is 2.74. The van der Waals surface area contributed by atoms with Crippen LogP contribution >= 0.6 is 0 Å². The van der Waals surface area contributed by atoms with Crippen LogP contribution in [0.25, 0.3) is 0 Å². The van der Waals surface area contributed by atoms with Gasteiger partial charge in [0.25, 0.3) is 0 Å². The SMILES string of the molecule is CCCCC1C(=O)N(C)CCN1C(=O)Nc1cc(F)ccc1C. The number of carbonyl (C=O) groups excluding carboxylic acids is 2. The van der Waals surface area contributed by atoms with Crippen LogP contribution in [0.15, 0.2) is 18.2 Å². The average Bonchev–Trinajstić information content (AvgIpc) is 2.52. The summed E-state index contributed by atoms with van der Waals surface area (Å²) in [6.07, 6.45) is 2.49. The van der Waals surface area contributed by atoms with E-state index in [9.17, 15) is 14.0 Å². The number of unbranched alkanes of at least 4 members (excludes halogenated alkanes) is 1. The number of nitrogens with one attached hydrogen (secondary N) is 1. The number of hydrogen-bond donors (Lipinski definition) is 1. The molecule has 0 spiro atoms. The zero-order chi connectivity index (χ0) is 17.0. The molecule has 1 aliphatic heterocycles. The Morgan fingerprint density at radius 1 is 1.39 bits per heavy atom. The molecule has 1 heterocycles. The van der Waals surface area contributed by atoms with E-state index in [0.717, 1.165) is 18.4 Å². The fourth-order valence-electron chi connectivity index (χ4n) is 2.75. The van der Waals surface area contributed by atoms with Crippen molar-refractivity contribution in [1.29, 1.82) is 0 Å². The van der Waals surface area contributed by atoms with Gasteiger partial charge in [0.1, 0.15) is 11.9 Å². The largest absolute Gasteiger partial charge is 0.342 e. The van der Waals surface area contributed by atoms with Crippen molar-refractivity contribution in [2.24, 2.45) is 0 Å². The number of hydrogen-bond acceptors (Lipinski definition) is 2. The van der Waals surface area contributed by atoms with Crippen LogP contribution < -0.4 is 5.32 Å². The Morgan fingerprint density at radius 3 is 2.83 bits per heavy atom. The van der Waals surface area contributed by atoms with Crippen LogP contribution in [0, 0.1) is 12.7 Å². The first-order chi connectivity index (χ1) is 10.9. The minimum absolute atomic E-state index is 0.0317. The number of piperazine rings is 1. The van der Waals surface area contributed by atoms with Crippen LogP contribution in [0.1, 0.15) is 31.7 Å². The Kier molecular flexibility index (Phi) is 5.58. The van der Waals surface area contributed by atoms with Crippen LogP contribution in [0.4, 0.5) is 14.9 Å². The monoisotopic (exact) mass is 321 g/mol. The number of carbonyl (C=O) groups is 2. The number of benzene rings is 1. The third-order valence-electron chi connectivity index (χ3n) is 4.25. The minimum atomic E-state index is -0.442. The van der Waals surface area contributed by atoms with E-state index >= 15 is 0 Å². The average molecular weight is 321 g/mol. The van der Waals surface area contributed by atoms with Crippen molar-refractivity contribution in [3.8, 4) is 0 Å². The van der Waals surface area contributed by atoms with Crippen LogP contribution in [-0.2, 0) is 4.79 Å². The molecule has 1 aromatic rings. The smallest absolute Gasteiger partial charge is 0.322 e. The molecular weight excluding hydrogens is 297 g/mol. The van der Waals surface area contributed by atoms with Crippen molar-refractivity contribution in [1.82, 2.24) is 9.80 Å². The molecule has 2 rings (SSSR count). The Hall–Kier alpha value is -2.11. The molecule has 1 unspecified atom stereocenters. The van der Waals surface area contributed by atoms with Gasteiger partial charge in [-0.2, -0.15) is 0 Å². The van der Waals surface area contributed by atoms with Gasteiger partial charge in [-0.25, -0.2) is 9.18 Å². The molecule has 3 amide bonds. The summed E-state index contributed by atoms with van der Waals surface area (Å²) in [6, 6.07) is 3.48. The Labute approximate surface area is 136 Å². The first-order valence-electron chi connectivity index (χ1n) is 8.02. The summed E-state index contributed by atoms with van der Waals surface area (Å²) in [7, 11) is 1.76. The standard InChI is InChI=1S/C17H24FN3O2/c1-4-5-6-15-16(22)20(3)9-10-21(15)17(23)19-14-11-13(18)8-7-12(14)2/h7-8,11,15H,4-6,9-10H2,1-3H3,(H,19,23). The maximum Gasteiger partial charge on any atom is 0.322 e. The molecule has 1 atom stereocenters. The Bertz CT molecular complexity index is 591. The predicted octanol–water partition coefficient (Wildman–Crippen LogP) is 3.00. The molecule has 1 aliphatic rings. The van der Waals surface area contributed by atoms with Gasteiger partial charge < -0.3 is 15.1 Å². The van der Waals surface area contributed by atoms with Crippen molar-refractivity contribution >= 4 is 17.6 Å². The fraction of sp³-hybridized carbons (Fsp3) is 0.529. The van der Waals surface area contributed by atoms with Crippen molar-refractivity contribution in [2.75, 3.05) is 25.5 Å². The van der Waals surface area contributed by atoms with E-state index in [4.69, 9.17) is 0 Å². The van der Waals surface area contributed by atoms with Crippen molar-refractivity contribution in [3.63, 3.8) is 0 Å². The van der Waals surface area contributed by atoms with Gasteiger partial charge in [-0.1, -0.05) is 25.8 Å². The highest BCUT2D eigenvalue weighted by Crippen LogP contribution is 2.20. The quantitative estimate of drug-likeness (QED) is 0.927. The minimum Gasteiger partial charge on any atom is -0.342 e. The molecule has 0 saturated carbocycles. The van der Waals surface area contributed by atoms with Gasteiger partial charge in [-0.15, -0.1) is 0 Å². The van der Waals surface area contributed by atoms with Gasteiger partial charge in [0.15, 0.2) is 0 Å². The van der Waals surface area contributed by atoms with Crippen molar-refractivity contribution in [3.05, 3.63) is 29.6 Å². The van der Waals surface area contributed by atoms with Gasteiger partial charge in [0, 0.05) is 25.8 Å². The summed E-state index contributed by atoms with van der Waals surface area (Å²) in [4.78, 5) is 28.2. The van der Waals surface area contributed by atoms with Gasteiger partial charge in [-0.3, -0.25) is 4.79 Å². The van der Waals surface area contributed by atoms with Gasteiger partial charge >= 0.3 is 6.03 Å². The molecule has 0 radical (unpaired) electrons. The highest BCUT2D eigenvalue weighted by molar-refractivity contribution is 5.95. The van der Waals surface area contributed by atoms with Crippen LogP contribution in [0.2, 0.25) is 0 Å². The van der Waals surface area contributed by atoms with Gasteiger partial charge in [-0.05, 0) is 31.0 Å². The second-order valence-electron chi connectivity index (χ2n) is 6.00. The predicted molar refractivity (Wildman–Crippen MR) is 87.8 cm³/mol. The lowest BCUT2D eigenvalue weighted by molar-refractivity contribution is -0.138. The third kappa shape index (κ3) is 4.00. The van der Waals surface area contributed by atoms with E-state index in [2.05, 4.69) is 12.2 Å². The second kappa shape index (κ2) is 7.44. The first-order valence-corrected chi connectivity index (χ1v) is 8.02. The molecule has 126 valence electrons. The molecule has 1 aromatic carbocycles. The zero-order valence-corrected chi connectivity index (χ0v) is 13.9. The second-order valence-corrected chi connectivity index (χ2v) is 6.00. The number of likely N-dealkylation sites (N-methyl/N-ethyl adjacent to an activating group) is 1. The lowest BCUT2D eigenvalue weighted by Crippen LogP contribution is -2.58. The summed E-state index contributed by atoms with van der Waals surface area (Å²) in [5.41, 5.74) is 1.22. The molecule has 0 aromatic heterocycles.